The lowest BCUT2D eigenvalue weighted by atomic mass is 10.0. The molecule has 0 atom stereocenters. The second-order valence-corrected chi connectivity index (χ2v) is 10.3. The molecule has 4 aromatic rings. The molecule has 0 fully saturated rings. The van der Waals surface area contributed by atoms with Crippen LogP contribution in [0.25, 0.3) is 17.3 Å². The van der Waals surface area contributed by atoms with Gasteiger partial charge in [0.1, 0.15) is 23.9 Å². The zero-order chi connectivity index (χ0) is 31.9. The molecule has 1 aromatic heterocycles. The Morgan fingerprint density at radius 1 is 0.978 bits per heavy atom. The van der Waals surface area contributed by atoms with Gasteiger partial charge in [0.2, 0.25) is 6.79 Å². The molecule has 3 aromatic carbocycles. The van der Waals surface area contributed by atoms with Gasteiger partial charge in [-0.2, -0.15) is 0 Å². The standard InChI is InChI=1S/C34H34N2O9/c1-4-5-12-36-19-35-27(14-23(33(37)38)13-22-15-30-31(45-20-44-30)17-28(22)42-3)32(36)26-11-10-24(41-2)16-29(26)43-18-21-8-6-7-9-25(21)34(39)40/h6-11,14-17,19H,4-5,12-13,18,20H2,1-3H3,(H,37,38)(H,39,40)/b23-14+. The van der Waals surface area contributed by atoms with Crippen LogP contribution in [0.15, 0.2) is 66.5 Å². The Bertz CT molecular complexity index is 1740. The molecule has 0 unspecified atom stereocenters. The molecule has 11 heteroatoms. The number of aryl methyl sites for hydroxylation is 1. The highest BCUT2D eigenvalue weighted by Gasteiger charge is 2.23. The smallest absolute Gasteiger partial charge is 0.336 e. The third-order valence-corrected chi connectivity index (χ3v) is 7.44. The number of fused-ring (bicyclic) bond motifs is 1. The van der Waals surface area contributed by atoms with Gasteiger partial charge in [0.05, 0.1) is 37.5 Å². The first-order valence-electron chi connectivity index (χ1n) is 14.4. The Balaban J connectivity index is 1.58. The lowest BCUT2D eigenvalue weighted by Gasteiger charge is -2.17. The minimum Gasteiger partial charge on any atom is -0.497 e. The highest BCUT2D eigenvalue weighted by molar-refractivity contribution is 5.94. The lowest BCUT2D eigenvalue weighted by molar-refractivity contribution is -0.132. The Morgan fingerprint density at radius 3 is 2.47 bits per heavy atom. The van der Waals surface area contributed by atoms with Crippen LogP contribution in [0.5, 0.6) is 28.7 Å². The van der Waals surface area contributed by atoms with Gasteiger partial charge in [0.25, 0.3) is 0 Å². The number of hydrogen-bond acceptors (Lipinski definition) is 8. The van der Waals surface area contributed by atoms with Gasteiger partial charge in [0.15, 0.2) is 11.5 Å². The minimum absolute atomic E-state index is 0.0127. The van der Waals surface area contributed by atoms with Crippen LogP contribution in [0.4, 0.5) is 0 Å². The maximum atomic E-state index is 12.6. The predicted octanol–water partition coefficient (Wildman–Crippen LogP) is 6.08. The third-order valence-electron chi connectivity index (χ3n) is 7.44. The maximum absolute atomic E-state index is 12.6. The van der Waals surface area contributed by atoms with Crippen molar-refractivity contribution in [2.75, 3.05) is 21.0 Å². The van der Waals surface area contributed by atoms with E-state index in [1.54, 1.807) is 62.0 Å². The molecular weight excluding hydrogens is 580 g/mol. The van der Waals surface area contributed by atoms with Crippen molar-refractivity contribution in [2.45, 2.75) is 39.3 Å². The molecule has 234 valence electrons. The van der Waals surface area contributed by atoms with Gasteiger partial charge in [-0.05, 0) is 36.8 Å². The number of aromatic carboxylic acids is 1. The van der Waals surface area contributed by atoms with E-state index in [2.05, 4.69) is 11.9 Å². The minimum atomic E-state index is -1.11. The first-order chi connectivity index (χ1) is 21.8. The van der Waals surface area contributed by atoms with Gasteiger partial charge < -0.3 is 38.5 Å². The van der Waals surface area contributed by atoms with Crippen molar-refractivity contribution in [1.82, 2.24) is 9.55 Å². The summed E-state index contributed by atoms with van der Waals surface area (Å²) in [6, 6.07) is 15.4. The van der Waals surface area contributed by atoms with Gasteiger partial charge in [0, 0.05) is 47.4 Å². The molecule has 0 saturated carbocycles. The number of unbranched alkanes of at least 4 members (excludes halogenated alkanes) is 1. The average molecular weight is 615 g/mol. The molecule has 0 spiro atoms. The topological polar surface area (TPSA) is 139 Å². The monoisotopic (exact) mass is 614 g/mol. The number of carbonyl (C=O) groups is 2. The number of nitrogens with zero attached hydrogens (tertiary/aromatic N) is 2. The van der Waals surface area contributed by atoms with Crippen molar-refractivity contribution in [1.29, 1.82) is 0 Å². The van der Waals surface area contributed by atoms with E-state index < -0.39 is 11.9 Å². The number of carboxylic acids is 2. The molecule has 0 amide bonds. The van der Waals surface area contributed by atoms with E-state index in [9.17, 15) is 19.8 Å². The second-order valence-electron chi connectivity index (χ2n) is 10.3. The lowest BCUT2D eigenvalue weighted by Crippen LogP contribution is -2.07. The first kappa shape index (κ1) is 31.0. The average Bonchev–Trinajstić information content (AvgIpc) is 3.68. The van der Waals surface area contributed by atoms with Gasteiger partial charge in [-0.25, -0.2) is 14.6 Å². The van der Waals surface area contributed by atoms with Crippen LogP contribution in [-0.2, 0) is 24.4 Å². The second kappa shape index (κ2) is 13.9. The summed E-state index contributed by atoms with van der Waals surface area (Å²) in [6.07, 6.45) is 5.08. The summed E-state index contributed by atoms with van der Waals surface area (Å²) in [7, 11) is 3.06. The summed E-state index contributed by atoms with van der Waals surface area (Å²) in [4.78, 5) is 29.0. The number of aromatic nitrogens is 2. The fourth-order valence-electron chi connectivity index (χ4n) is 5.10. The number of hydrogen-bond donors (Lipinski definition) is 2. The Hall–Kier alpha value is -5.45. The molecule has 0 radical (unpaired) electrons. The maximum Gasteiger partial charge on any atom is 0.336 e. The quantitative estimate of drug-likeness (QED) is 0.161. The summed E-state index contributed by atoms with van der Waals surface area (Å²) in [5.41, 5.74) is 3.09. The van der Waals surface area contributed by atoms with Gasteiger partial charge in [-0.3, -0.25) is 0 Å². The zero-order valence-corrected chi connectivity index (χ0v) is 25.2. The number of imidazole rings is 1. The normalized spacial score (nSPS) is 12.2. The van der Waals surface area contributed by atoms with Crippen molar-refractivity contribution in [3.05, 3.63) is 88.9 Å². The summed E-state index contributed by atoms with van der Waals surface area (Å²) < 4.78 is 30.2. The van der Waals surface area contributed by atoms with E-state index in [1.165, 1.54) is 13.2 Å². The van der Waals surface area contributed by atoms with E-state index in [4.69, 9.17) is 23.7 Å². The van der Waals surface area contributed by atoms with Crippen molar-refractivity contribution < 1.29 is 43.5 Å². The first-order valence-corrected chi connectivity index (χ1v) is 14.4. The van der Waals surface area contributed by atoms with Gasteiger partial charge >= 0.3 is 11.9 Å². The zero-order valence-electron chi connectivity index (χ0n) is 25.2. The fourth-order valence-corrected chi connectivity index (χ4v) is 5.10. The van der Waals surface area contributed by atoms with E-state index in [-0.39, 0.29) is 31.0 Å². The molecule has 2 N–H and O–H groups in total. The Morgan fingerprint density at radius 2 is 1.76 bits per heavy atom. The molecule has 11 nitrogen and oxygen atoms in total. The van der Waals surface area contributed by atoms with Gasteiger partial charge in [-0.15, -0.1) is 0 Å². The van der Waals surface area contributed by atoms with Crippen LogP contribution in [-0.4, -0.2) is 52.7 Å². The van der Waals surface area contributed by atoms with E-state index >= 15 is 0 Å². The summed E-state index contributed by atoms with van der Waals surface area (Å²) in [6.45, 7) is 2.79. The number of carboxylic acid groups (broad SMARTS) is 2. The summed E-state index contributed by atoms with van der Waals surface area (Å²) in [5, 5.41) is 19.9. The molecule has 0 saturated heterocycles. The van der Waals surface area contributed by atoms with Crippen LogP contribution in [0, 0.1) is 0 Å². The number of methoxy groups -OCH3 is 2. The molecule has 45 heavy (non-hydrogen) atoms. The van der Waals surface area contributed by atoms with Crippen LogP contribution < -0.4 is 23.7 Å². The van der Waals surface area contributed by atoms with Crippen LogP contribution in [0.1, 0.15) is 46.9 Å². The summed E-state index contributed by atoms with van der Waals surface area (Å²) in [5.74, 6) is 0.337. The summed E-state index contributed by atoms with van der Waals surface area (Å²) >= 11 is 0. The van der Waals surface area contributed by atoms with Crippen molar-refractivity contribution in [3.63, 3.8) is 0 Å². The molecule has 1 aliphatic heterocycles. The van der Waals surface area contributed by atoms with Crippen LogP contribution in [0.3, 0.4) is 0 Å². The van der Waals surface area contributed by atoms with Crippen LogP contribution in [0.2, 0.25) is 0 Å². The molecule has 1 aliphatic rings. The van der Waals surface area contributed by atoms with E-state index in [0.29, 0.717) is 63.4 Å². The highest BCUT2D eigenvalue weighted by Crippen LogP contribution is 2.40. The highest BCUT2D eigenvalue weighted by atomic mass is 16.7. The van der Waals surface area contributed by atoms with E-state index in [1.807, 2.05) is 10.6 Å². The number of ether oxygens (including phenoxy) is 5. The van der Waals surface area contributed by atoms with Gasteiger partial charge in [-0.1, -0.05) is 31.5 Å². The SMILES string of the molecule is CCCCn1cnc(/C=C(\Cc2cc3c(cc2OC)OCO3)C(=O)O)c1-c1ccc(OC)cc1OCc1ccccc1C(=O)O. The third kappa shape index (κ3) is 6.87. The van der Waals surface area contributed by atoms with Crippen molar-refractivity contribution in [2.24, 2.45) is 0 Å². The fraction of sp³-hybridized carbons (Fsp3) is 0.265. The van der Waals surface area contributed by atoms with Crippen molar-refractivity contribution in [3.8, 4) is 40.0 Å². The molecule has 0 bridgehead atoms. The molecule has 2 heterocycles. The largest absolute Gasteiger partial charge is 0.497 e. The van der Waals surface area contributed by atoms with Crippen molar-refractivity contribution >= 4 is 18.0 Å². The molecule has 5 rings (SSSR count). The molecular formula is C34H34N2O9. The Kier molecular flexibility index (Phi) is 9.57. The Labute approximate surface area is 260 Å². The molecule has 0 aliphatic carbocycles. The predicted molar refractivity (Wildman–Crippen MR) is 165 cm³/mol. The number of rotatable bonds is 14. The number of benzene rings is 3. The number of aliphatic carboxylic acids is 1. The van der Waals surface area contributed by atoms with E-state index in [0.717, 1.165) is 12.8 Å². The van der Waals surface area contributed by atoms with Crippen LogP contribution >= 0.6 is 0 Å².